The Hall–Kier alpha value is -3.96. The maximum atomic E-state index is 12.8. The molecule has 0 radical (unpaired) electrons. The number of hydrogen-bond acceptors (Lipinski definition) is 7. The van der Waals surface area contributed by atoms with E-state index >= 15 is 0 Å². The number of sulfonamides is 1. The van der Waals surface area contributed by atoms with Crippen LogP contribution in [0, 0.1) is 23.0 Å². The van der Waals surface area contributed by atoms with Crippen molar-refractivity contribution < 1.29 is 22.9 Å². The minimum Gasteiger partial charge on any atom is -0.339 e. The van der Waals surface area contributed by atoms with Gasteiger partial charge in [-0.05, 0) is 67.2 Å². The lowest BCUT2D eigenvalue weighted by molar-refractivity contribution is -0.387. The van der Waals surface area contributed by atoms with Crippen LogP contribution in [0.4, 0.5) is 5.69 Å². The largest absolute Gasteiger partial charge is 0.339 e. The number of nitrogens with zero attached hydrogens (tertiary/aromatic N) is 2. The summed E-state index contributed by atoms with van der Waals surface area (Å²) in [7, 11) is -3.97. The number of nitro groups is 1. The van der Waals surface area contributed by atoms with Gasteiger partial charge in [-0.2, -0.15) is 0 Å². The average Bonchev–Trinajstić information content (AvgIpc) is 2.96. The first-order chi connectivity index (χ1) is 19.9. The third-order valence-corrected chi connectivity index (χ3v) is 9.62. The number of likely N-dealkylation sites (tertiary alicyclic amines) is 1. The van der Waals surface area contributed by atoms with Gasteiger partial charge in [0.1, 0.15) is 0 Å². The second-order valence-corrected chi connectivity index (χ2v) is 13.3. The quantitative estimate of drug-likeness (QED) is 0.181. The Morgan fingerprint density at radius 2 is 1.69 bits per heavy atom. The maximum Gasteiger partial charge on any atom is 0.283 e. The molecule has 0 atom stereocenters. The van der Waals surface area contributed by atoms with Gasteiger partial charge in [-0.1, -0.05) is 67.6 Å². The summed E-state index contributed by atoms with van der Waals surface area (Å²) in [5.74, 6) is -1.13. The Labute approximate surface area is 250 Å². The van der Waals surface area contributed by atoms with Crippen molar-refractivity contribution in [3.63, 3.8) is 0 Å². The zero-order valence-electron chi connectivity index (χ0n) is 23.6. The van der Waals surface area contributed by atoms with Gasteiger partial charge < -0.3 is 4.90 Å². The smallest absolute Gasteiger partial charge is 0.283 e. The zero-order chi connectivity index (χ0) is 30.4. The molecular weight excluding hydrogens is 574 g/mol. The molecule has 2 amide bonds. The first-order valence-electron chi connectivity index (χ1n) is 13.6. The summed E-state index contributed by atoms with van der Waals surface area (Å²) in [5, 5.41) is 11.9. The van der Waals surface area contributed by atoms with Crippen LogP contribution in [0.5, 0.6) is 0 Å². The third kappa shape index (κ3) is 7.65. The van der Waals surface area contributed by atoms with Gasteiger partial charge in [-0.25, -0.2) is 13.1 Å². The van der Waals surface area contributed by atoms with E-state index < -0.39 is 26.8 Å². The predicted molar refractivity (Wildman–Crippen MR) is 163 cm³/mol. The maximum absolute atomic E-state index is 12.8. The van der Waals surface area contributed by atoms with Crippen molar-refractivity contribution >= 4 is 45.4 Å². The van der Waals surface area contributed by atoms with E-state index in [1.807, 2.05) is 31.2 Å². The number of carbonyl (C=O) groups excluding carboxylic acids is 2. The van der Waals surface area contributed by atoms with Crippen molar-refractivity contribution in [1.29, 1.82) is 0 Å². The molecule has 1 N–H and O–H groups in total. The molecule has 0 bridgehead atoms. The summed E-state index contributed by atoms with van der Waals surface area (Å²) >= 11 is 1.35. The van der Waals surface area contributed by atoms with Gasteiger partial charge in [0.2, 0.25) is 11.8 Å². The van der Waals surface area contributed by atoms with E-state index in [-0.39, 0.29) is 35.5 Å². The van der Waals surface area contributed by atoms with Crippen LogP contribution in [0.25, 0.3) is 6.08 Å². The highest BCUT2D eigenvalue weighted by molar-refractivity contribution is 7.99. The molecule has 0 aromatic heterocycles. The number of rotatable bonds is 9. The molecule has 3 aromatic carbocycles. The van der Waals surface area contributed by atoms with Gasteiger partial charge in [0, 0.05) is 36.0 Å². The van der Waals surface area contributed by atoms with Gasteiger partial charge in [0.25, 0.3) is 15.7 Å². The van der Waals surface area contributed by atoms with Crippen LogP contribution < -0.4 is 4.72 Å². The van der Waals surface area contributed by atoms with Crippen molar-refractivity contribution in [3.8, 4) is 0 Å². The molecule has 9 nitrogen and oxygen atoms in total. The number of piperidine rings is 1. The summed E-state index contributed by atoms with van der Waals surface area (Å²) in [6.07, 6.45) is 3.55. The summed E-state index contributed by atoms with van der Waals surface area (Å²) in [6, 6.07) is 18.9. The van der Waals surface area contributed by atoms with Crippen LogP contribution in [0.15, 0.2) is 87.5 Å². The van der Waals surface area contributed by atoms with E-state index in [1.54, 1.807) is 35.2 Å². The topological polar surface area (TPSA) is 127 Å². The number of amides is 2. The van der Waals surface area contributed by atoms with Gasteiger partial charge in [0.15, 0.2) is 0 Å². The van der Waals surface area contributed by atoms with Crippen LogP contribution in [-0.2, 0) is 19.6 Å². The van der Waals surface area contributed by atoms with E-state index in [0.717, 1.165) is 16.0 Å². The molecule has 1 aliphatic heterocycles. The molecule has 0 spiro atoms. The number of hydrogen-bond donors (Lipinski definition) is 1. The first kappa shape index (κ1) is 31.0. The third-order valence-electron chi connectivity index (χ3n) is 7.10. The molecule has 1 saturated heterocycles. The Kier molecular flexibility index (Phi) is 9.85. The Morgan fingerprint density at radius 3 is 2.33 bits per heavy atom. The van der Waals surface area contributed by atoms with Gasteiger partial charge in [-0.3, -0.25) is 19.7 Å². The zero-order valence-corrected chi connectivity index (χ0v) is 25.3. The van der Waals surface area contributed by atoms with Crippen molar-refractivity contribution in [3.05, 3.63) is 99.6 Å². The van der Waals surface area contributed by atoms with E-state index in [9.17, 15) is 28.1 Å². The highest BCUT2D eigenvalue weighted by Gasteiger charge is 2.29. The van der Waals surface area contributed by atoms with Crippen LogP contribution in [0.1, 0.15) is 49.3 Å². The highest BCUT2D eigenvalue weighted by atomic mass is 32.2. The lowest BCUT2D eigenvalue weighted by atomic mass is 9.96. The molecule has 1 aliphatic rings. The van der Waals surface area contributed by atoms with Crippen molar-refractivity contribution in [2.45, 2.75) is 54.2 Å². The molecule has 3 aromatic rings. The van der Waals surface area contributed by atoms with Crippen molar-refractivity contribution in [2.24, 2.45) is 5.92 Å². The molecular formula is C31H33N3O6S2. The normalized spacial score (nSPS) is 14.3. The lowest BCUT2D eigenvalue weighted by Crippen LogP contribution is -2.43. The number of nitrogens with one attached hydrogen (secondary N) is 1. The van der Waals surface area contributed by atoms with Crippen molar-refractivity contribution in [1.82, 2.24) is 9.62 Å². The van der Waals surface area contributed by atoms with Gasteiger partial charge in [-0.15, -0.1) is 0 Å². The Balaban J connectivity index is 1.36. The Bertz CT molecular complexity index is 1610. The van der Waals surface area contributed by atoms with E-state index in [1.165, 1.54) is 36.0 Å². The lowest BCUT2D eigenvalue weighted by Gasteiger charge is -2.30. The molecule has 220 valence electrons. The van der Waals surface area contributed by atoms with E-state index in [2.05, 4.69) is 18.6 Å². The fraction of sp³-hybridized carbons (Fsp3) is 0.290. The molecule has 4 rings (SSSR count). The first-order valence-corrected chi connectivity index (χ1v) is 15.9. The average molecular weight is 608 g/mol. The Morgan fingerprint density at radius 1 is 1.02 bits per heavy atom. The predicted octanol–water partition coefficient (Wildman–Crippen LogP) is 5.93. The fourth-order valence-corrected chi connectivity index (χ4v) is 6.89. The number of nitro benzene ring substituents is 1. The molecule has 1 heterocycles. The highest BCUT2D eigenvalue weighted by Crippen LogP contribution is 2.39. The van der Waals surface area contributed by atoms with Crippen LogP contribution in [0.3, 0.4) is 0 Å². The molecule has 1 fully saturated rings. The fourth-order valence-electron chi connectivity index (χ4n) is 4.66. The number of benzene rings is 3. The number of carbonyl (C=O) groups is 2. The van der Waals surface area contributed by atoms with E-state index in [4.69, 9.17) is 0 Å². The van der Waals surface area contributed by atoms with Crippen molar-refractivity contribution in [2.75, 3.05) is 13.1 Å². The standard InChI is InChI=1S/C31H33N3O6S2/c1-21(2)26-6-4-5-7-28(26)41-29-14-10-23(20-27(29)34(37)38)11-15-30(35)33-18-16-24(17-19-33)31(36)32-42(39,40)25-12-8-22(3)9-13-25/h4-15,20-21,24H,16-19H2,1-3H3,(H,32,36)/b15-11+. The second-order valence-electron chi connectivity index (χ2n) is 10.5. The molecule has 0 unspecified atom stereocenters. The van der Waals surface area contributed by atoms with E-state index in [0.29, 0.717) is 23.3 Å². The molecule has 0 aliphatic carbocycles. The van der Waals surface area contributed by atoms with Crippen LogP contribution in [0.2, 0.25) is 0 Å². The minimum atomic E-state index is -3.97. The molecule has 11 heteroatoms. The SMILES string of the molecule is Cc1ccc(S(=O)(=O)NC(=O)C2CCN(C(=O)/C=C/c3ccc(Sc4ccccc4C(C)C)c([N+](=O)[O-])c3)CC2)cc1. The van der Waals surface area contributed by atoms with Gasteiger partial charge >= 0.3 is 0 Å². The number of aryl methyl sites for hydroxylation is 1. The molecule has 42 heavy (non-hydrogen) atoms. The van der Waals surface area contributed by atoms with Crippen LogP contribution in [-0.4, -0.2) is 43.1 Å². The second kappa shape index (κ2) is 13.3. The summed E-state index contributed by atoms with van der Waals surface area (Å²) < 4.78 is 27.3. The summed E-state index contributed by atoms with van der Waals surface area (Å²) in [4.78, 5) is 40.0. The molecule has 0 saturated carbocycles. The monoisotopic (exact) mass is 607 g/mol. The summed E-state index contributed by atoms with van der Waals surface area (Å²) in [5.41, 5.74) is 2.50. The minimum absolute atomic E-state index is 0.0199. The van der Waals surface area contributed by atoms with Gasteiger partial charge in [0.05, 0.1) is 14.7 Å². The van der Waals surface area contributed by atoms with Crippen LogP contribution >= 0.6 is 11.8 Å². The summed E-state index contributed by atoms with van der Waals surface area (Å²) in [6.45, 7) is 6.57.